The molecular formula is C20H21NO5. The molecule has 136 valence electrons. The summed E-state index contributed by atoms with van der Waals surface area (Å²) in [6.07, 6.45) is -0.907. The van der Waals surface area contributed by atoms with Crippen LogP contribution in [0.5, 0.6) is 5.75 Å². The van der Waals surface area contributed by atoms with Crippen LogP contribution in [0.4, 0.5) is 0 Å². The number of hydrogen-bond acceptors (Lipinski definition) is 5. The third-order valence-corrected chi connectivity index (χ3v) is 3.76. The Morgan fingerprint density at radius 1 is 0.962 bits per heavy atom. The summed E-state index contributed by atoms with van der Waals surface area (Å²) >= 11 is 0. The highest BCUT2D eigenvalue weighted by Gasteiger charge is 2.20. The van der Waals surface area contributed by atoms with Crippen molar-refractivity contribution in [2.45, 2.75) is 26.5 Å². The Morgan fingerprint density at radius 2 is 1.54 bits per heavy atom. The lowest BCUT2D eigenvalue weighted by molar-refractivity contribution is -0.119. The van der Waals surface area contributed by atoms with Crippen molar-refractivity contribution in [3.63, 3.8) is 0 Å². The lowest BCUT2D eigenvalue weighted by Gasteiger charge is -2.13. The van der Waals surface area contributed by atoms with Crippen LogP contribution >= 0.6 is 0 Å². The number of methoxy groups -OCH3 is 1. The molecule has 0 bridgehead atoms. The summed E-state index contributed by atoms with van der Waals surface area (Å²) in [5.41, 5.74) is 1.64. The van der Waals surface area contributed by atoms with Crippen LogP contribution < -0.4 is 10.1 Å². The predicted molar refractivity (Wildman–Crippen MR) is 96.2 cm³/mol. The van der Waals surface area contributed by atoms with Crippen LogP contribution in [0, 0.1) is 0 Å². The molecule has 6 heteroatoms. The lowest BCUT2D eigenvalue weighted by atomic mass is 10.1. The highest BCUT2D eigenvalue weighted by molar-refractivity contribution is 6.01. The number of ether oxygens (including phenoxy) is 2. The minimum atomic E-state index is -0.907. The molecule has 2 aromatic rings. The lowest BCUT2D eigenvalue weighted by Crippen LogP contribution is -2.24. The van der Waals surface area contributed by atoms with E-state index in [1.165, 1.54) is 13.8 Å². The second kappa shape index (κ2) is 8.80. The quantitative estimate of drug-likeness (QED) is 0.610. The van der Waals surface area contributed by atoms with Crippen LogP contribution in [-0.2, 0) is 16.1 Å². The van der Waals surface area contributed by atoms with E-state index in [9.17, 15) is 14.4 Å². The van der Waals surface area contributed by atoms with Crippen LogP contribution in [0.25, 0.3) is 0 Å². The third kappa shape index (κ3) is 5.17. The third-order valence-electron chi connectivity index (χ3n) is 3.76. The van der Waals surface area contributed by atoms with Gasteiger partial charge >= 0.3 is 5.97 Å². The fraction of sp³-hybridized carbons (Fsp3) is 0.250. The molecule has 0 saturated carbocycles. The Kier molecular flexibility index (Phi) is 6.49. The van der Waals surface area contributed by atoms with E-state index in [-0.39, 0.29) is 11.7 Å². The van der Waals surface area contributed by atoms with Gasteiger partial charge in [-0.15, -0.1) is 0 Å². The molecule has 1 amide bonds. The number of esters is 1. The van der Waals surface area contributed by atoms with E-state index < -0.39 is 12.1 Å². The molecule has 0 radical (unpaired) electrons. The van der Waals surface area contributed by atoms with Gasteiger partial charge in [-0.05, 0) is 48.9 Å². The fourth-order valence-electron chi connectivity index (χ4n) is 2.26. The molecule has 2 aromatic carbocycles. The standard InChI is InChI=1S/C20H21NO5/c1-13(19(23)16-8-10-18(25-3)11-9-16)26-20(24)17-6-4-15(5-7-17)12-21-14(2)22/h4-11,13H,12H2,1-3H3,(H,21,22). The van der Waals surface area contributed by atoms with Gasteiger partial charge in [-0.25, -0.2) is 4.79 Å². The first-order valence-corrected chi connectivity index (χ1v) is 8.13. The minimum Gasteiger partial charge on any atom is -0.497 e. The number of amides is 1. The maximum Gasteiger partial charge on any atom is 0.338 e. The van der Waals surface area contributed by atoms with Crippen molar-refractivity contribution in [2.24, 2.45) is 0 Å². The van der Waals surface area contributed by atoms with Crippen molar-refractivity contribution in [1.82, 2.24) is 5.32 Å². The maximum atomic E-state index is 12.4. The average molecular weight is 355 g/mol. The van der Waals surface area contributed by atoms with E-state index in [1.807, 2.05) is 0 Å². The molecule has 0 saturated heterocycles. The van der Waals surface area contributed by atoms with E-state index in [0.29, 0.717) is 23.4 Å². The molecule has 26 heavy (non-hydrogen) atoms. The van der Waals surface area contributed by atoms with Gasteiger partial charge in [0.2, 0.25) is 11.7 Å². The van der Waals surface area contributed by atoms with Crippen LogP contribution in [0.3, 0.4) is 0 Å². The van der Waals surface area contributed by atoms with Crippen LogP contribution in [-0.4, -0.2) is 30.9 Å². The molecule has 0 spiro atoms. The molecule has 6 nitrogen and oxygen atoms in total. The number of benzene rings is 2. The van der Waals surface area contributed by atoms with Gasteiger partial charge in [0, 0.05) is 19.0 Å². The van der Waals surface area contributed by atoms with E-state index in [2.05, 4.69) is 5.32 Å². The smallest absolute Gasteiger partial charge is 0.338 e. The molecule has 0 aromatic heterocycles. The maximum absolute atomic E-state index is 12.4. The second-order valence-electron chi connectivity index (χ2n) is 5.75. The molecule has 0 aliphatic rings. The minimum absolute atomic E-state index is 0.126. The SMILES string of the molecule is COc1ccc(C(=O)C(C)OC(=O)c2ccc(CNC(C)=O)cc2)cc1. The number of hydrogen-bond donors (Lipinski definition) is 1. The van der Waals surface area contributed by atoms with Crippen molar-refractivity contribution in [3.05, 3.63) is 65.2 Å². The highest BCUT2D eigenvalue weighted by Crippen LogP contribution is 2.15. The molecule has 1 atom stereocenters. The first-order chi connectivity index (χ1) is 12.4. The van der Waals surface area contributed by atoms with Crippen molar-refractivity contribution in [1.29, 1.82) is 0 Å². The van der Waals surface area contributed by atoms with Crippen molar-refractivity contribution in [3.8, 4) is 5.75 Å². The molecule has 0 aliphatic heterocycles. The summed E-state index contributed by atoms with van der Waals surface area (Å²) in [5, 5.41) is 2.68. The summed E-state index contributed by atoms with van der Waals surface area (Å²) in [4.78, 5) is 35.5. The van der Waals surface area contributed by atoms with E-state index >= 15 is 0 Å². The zero-order valence-corrected chi connectivity index (χ0v) is 14.9. The van der Waals surface area contributed by atoms with Crippen LogP contribution in [0.1, 0.15) is 40.1 Å². The zero-order chi connectivity index (χ0) is 19.1. The first kappa shape index (κ1) is 19.2. The molecule has 0 fully saturated rings. The van der Waals surface area contributed by atoms with Gasteiger partial charge in [0.05, 0.1) is 12.7 Å². The van der Waals surface area contributed by atoms with Gasteiger partial charge in [0.15, 0.2) is 6.10 Å². The molecule has 2 rings (SSSR count). The zero-order valence-electron chi connectivity index (χ0n) is 14.9. The predicted octanol–water partition coefficient (Wildman–Crippen LogP) is 2.76. The molecular weight excluding hydrogens is 334 g/mol. The number of rotatable bonds is 7. The Bertz CT molecular complexity index is 781. The number of nitrogens with one attached hydrogen (secondary N) is 1. The topological polar surface area (TPSA) is 81.7 Å². The second-order valence-corrected chi connectivity index (χ2v) is 5.75. The molecule has 1 N–H and O–H groups in total. The fourth-order valence-corrected chi connectivity index (χ4v) is 2.26. The average Bonchev–Trinajstić information content (AvgIpc) is 2.66. The number of carbonyl (C=O) groups excluding carboxylic acids is 3. The van der Waals surface area contributed by atoms with E-state index in [0.717, 1.165) is 5.56 Å². The summed E-state index contributed by atoms with van der Waals surface area (Å²) in [6, 6.07) is 13.3. The highest BCUT2D eigenvalue weighted by atomic mass is 16.5. The molecule has 1 unspecified atom stereocenters. The summed E-state index contributed by atoms with van der Waals surface area (Å²) in [7, 11) is 1.54. The van der Waals surface area contributed by atoms with Crippen LogP contribution in [0.2, 0.25) is 0 Å². The Balaban J connectivity index is 1.96. The van der Waals surface area contributed by atoms with E-state index in [4.69, 9.17) is 9.47 Å². The Hall–Kier alpha value is -3.15. The number of ketones is 1. The van der Waals surface area contributed by atoms with Gasteiger partial charge in [-0.2, -0.15) is 0 Å². The number of Topliss-reactive ketones (excluding diaryl/α,β-unsaturated/α-hetero) is 1. The van der Waals surface area contributed by atoms with Gasteiger partial charge < -0.3 is 14.8 Å². The monoisotopic (exact) mass is 355 g/mol. The van der Waals surface area contributed by atoms with Gasteiger partial charge in [0.25, 0.3) is 0 Å². The van der Waals surface area contributed by atoms with Gasteiger partial charge in [-0.3, -0.25) is 9.59 Å². The van der Waals surface area contributed by atoms with Crippen LogP contribution in [0.15, 0.2) is 48.5 Å². The molecule has 0 heterocycles. The van der Waals surface area contributed by atoms with Crippen molar-refractivity contribution in [2.75, 3.05) is 7.11 Å². The van der Waals surface area contributed by atoms with E-state index in [1.54, 1.807) is 55.6 Å². The summed E-state index contributed by atoms with van der Waals surface area (Å²) in [5.74, 6) is -0.348. The molecule has 0 aliphatic carbocycles. The first-order valence-electron chi connectivity index (χ1n) is 8.13. The van der Waals surface area contributed by atoms with Crippen molar-refractivity contribution >= 4 is 17.7 Å². The normalized spacial score (nSPS) is 11.3. The summed E-state index contributed by atoms with van der Waals surface area (Å²) < 4.78 is 10.3. The number of carbonyl (C=O) groups is 3. The van der Waals surface area contributed by atoms with Crippen molar-refractivity contribution < 1.29 is 23.9 Å². The summed E-state index contributed by atoms with van der Waals surface area (Å²) in [6.45, 7) is 3.36. The Morgan fingerprint density at radius 3 is 2.08 bits per heavy atom. The largest absolute Gasteiger partial charge is 0.497 e. The van der Waals surface area contributed by atoms with Gasteiger partial charge in [0.1, 0.15) is 5.75 Å². The Labute approximate surface area is 152 Å². The van der Waals surface area contributed by atoms with Gasteiger partial charge in [-0.1, -0.05) is 12.1 Å².